The van der Waals surface area contributed by atoms with Crippen LogP contribution in [0.2, 0.25) is 0 Å². The largest absolute Gasteiger partial charge is 0.374 e. The van der Waals surface area contributed by atoms with Crippen molar-refractivity contribution in [3.05, 3.63) is 0 Å². The van der Waals surface area contributed by atoms with Crippen molar-refractivity contribution < 1.29 is 4.74 Å². The Labute approximate surface area is 82.2 Å². The number of halogens is 1. The first-order valence-electron chi connectivity index (χ1n) is 4.25. The van der Waals surface area contributed by atoms with Crippen LogP contribution in [0.25, 0.3) is 0 Å². The maximum atomic E-state index is 5.64. The first-order valence-corrected chi connectivity index (χ1v) is 5.77. The van der Waals surface area contributed by atoms with E-state index < -0.39 is 0 Å². The van der Waals surface area contributed by atoms with Gasteiger partial charge in [-0.2, -0.15) is 0 Å². The summed E-state index contributed by atoms with van der Waals surface area (Å²) >= 11 is 2.37. The molecule has 0 amide bonds. The van der Waals surface area contributed by atoms with E-state index in [2.05, 4.69) is 34.8 Å². The molecule has 2 nitrogen and oxygen atoms in total. The smallest absolute Gasteiger partial charge is 0.0704 e. The van der Waals surface area contributed by atoms with Gasteiger partial charge in [-0.05, 0) is 19.8 Å². The van der Waals surface area contributed by atoms with E-state index >= 15 is 0 Å². The average molecular weight is 269 g/mol. The number of nitrogens with one attached hydrogen (secondary N) is 1. The topological polar surface area (TPSA) is 21.3 Å². The summed E-state index contributed by atoms with van der Waals surface area (Å²) in [5.41, 5.74) is 0. The van der Waals surface area contributed by atoms with Gasteiger partial charge in [-0.3, -0.25) is 0 Å². The van der Waals surface area contributed by atoms with Crippen molar-refractivity contribution in [1.82, 2.24) is 5.32 Å². The van der Waals surface area contributed by atoms with Crippen molar-refractivity contribution in [1.29, 1.82) is 0 Å². The van der Waals surface area contributed by atoms with Gasteiger partial charge in [0.25, 0.3) is 0 Å². The lowest BCUT2D eigenvalue weighted by atomic mass is 10.2. The minimum atomic E-state index is 0.480. The molecule has 0 aliphatic carbocycles. The van der Waals surface area contributed by atoms with Crippen LogP contribution in [0.15, 0.2) is 0 Å². The molecule has 0 aromatic carbocycles. The minimum Gasteiger partial charge on any atom is -0.374 e. The zero-order chi connectivity index (χ0) is 8.10. The molecule has 2 unspecified atom stereocenters. The normalized spacial score (nSPS) is 31.1. The lowest BCUT2D eigenvalue weighted by Crippen LogP contribution is -2.28. The van der Waals surface area contributed by atoms with Crippen LogP contribution in [0.4, 0.5) is 0 Å². The van der Waals surface area contributed by atoms with Crippen LogP contribution < -0.4 is 5.32 Å². The summed E-state index contributed by atoms with van der Waals surface area (Å²) < 4.78 is 6.82. The van der Waals surface area contributed by atoms with Gasteiger partial charge in [0.05, 0.1) is 12.2 Å². The van der Waals surface area contributed by atoms with Gasteiger partial charge >= 0.3 is 0 Å². The van der Waals surface area contributed by atoms with E-state index in [9.17, 15) is 0 Å². The van der Waals surface area contributed by atoms with Crippen molar-refractivity contribution in [2.45, 2.75) is 32.0 Å². The fraction of sp³-hybridized carbons (Fsp3) is 1.00. The fourth-order valence-corrected chi connectivity index (χ4v) is 1.75. The Balaban J connectivity index is 1.99. The fourth-order valence-electron chi connectivity index (χ4n) is 1.37. The summed E-state index contributed by atoms with van der Waals surface area (Å²) in [6, 6.07) is 0. The summed E-state index contributed by atoms with van der Waals surface area (Å²) in [6.45, 7) is 4.29. The molecule has 11 heavy (non-hydrogen) atoms. The van der Waals surface area contributed by atoms with Crippen molar-refractivity contribution in [3.8, 4) is 0 Å². The maximum absolute atomic E-state index is 5.64. The lowest BCUT2D eigenvalue weighted by Gasteiger charge is -2.10. The Morgan fingerprint density at radius 1 is 1.55 bits per heavy atom. The summed E-state index contributed by atoms with van der Waals surface area (Å²) in [4.78, 5) is 0. The Hall–Kier alpha value is 0.650. The molecule has 1 saturated heterocycles. The first kappa shape index (κ1) is 9.74. The van der Waals surface area contributed by atoms with Crippen LogP contribution in [-0.4, -0.2) is 29.7 Å². The van der Waals surface area contributed by atoms with E-state index in [4.69, 9.17) is 4.74 Å². The van der Waals surface area contributed by atoms with Crippen molar-refractivity contribution in [2.24, 2.45) is 0 Å². The highest BCUT2D eigenvalue weighted by Gasteiger charge is 2.20. The van der Waals surface area contributed by atoms with Crippen LogP contribution in [-0.2, 0) is 4.74 Å². The summed E-state index contributed by atoms with van der Waals surface area (Å²) in [6.07, 6.45) is 3.43. The quantitative estimate of drug-likeness (QED) is 0.475. The van der Waals surface area contributed by atoms with Crippen molar-refractivity contribution in [2.75, 3.05) is 17.5 Å². The number of rotatable bonds is 4. The third kappa shape index (κ3) is 3.71. The Kier molecular flexibility index (Phi) is 4.71. The molecule has 0 saturated carbocycles. The number of alkyl halides is 1. The number of hydrogen-bond acceptors (Lipinski definition) is 2. The molecule has 2 atom stereocenters. The standard InChI is InChI=1S/C8H16INO/c1-7-2-3-8(11-7)6-10-5-4-9/h7-8,10H,2-6H2,1H3. The Morgan fingerprint density at radius 2 is 2.36 bits per heavy atom. The molecule has 0 aromatic heterocycles. The Morgan fingerprint density at radius 3 is 2.91 bits per heavy atom. The first-order chi connectivity index (χ1) is 5.33. The van der Waals surface area contributed by atoms with E-state index in [1.807, 2.05) is 0 Å². The maximum Gasteiger partial charge on any atom is 0.0704 e. The predicted molar refractivity (Wildman–Crippen MR) is 55.3 cm³/mol. The molecule has 1 N–H and O–H groups in total. The molecule has 0 aromatic rings. The lowest BCUT2D eigenvalue weighted by molar-refractivity contribution is 0.0565. The van der Waals surface area contributed by atoms with Gasteiger partial charge in [-0.25, -0.2) is 0 Å². The van der Waals surface area contributed by atoms with Gasteiger partial charge in [0.2, 0.25) is 0 Å². The molecule has 3 heteroatoms. The van der Waals surface area contributed by atoms with Crippen molar-refractivity contribution in [3.63, 3.8) is 0 Å². The van der Waals surface area contributed by atoms with E-state index in [1.54, 1.807) is 0 Å². The molecule has 1 rings (SSSR count). The van der Waals surface area contributed by atoms with Gasteiger partial charge < -0.3 is 10.1 Å². The van der Waals surface area contributed by atoms with E-state index in [0.717, 1.165) is 13.1 Å². The molecule has 66 valence electrons. The summed E-state index contributed by atoms with van der Waals surface area (Å²) in [5, 5.41) is 3.37. The molecular weight excluding hydrogens is 253 g/mol. The third-order valence-electron chi connectivity index (χ3n) is 1.96. The highest BCUT2D eigenvalue weighted by atomic mass is 127. The van der Waals surface area contributed by atoms with Crippen LogP contribution in [0, 0.1) is 0 Å². The second-order valence-electron chi connectivity index (χ2n) is 3.04. The molecule has 0 radical (unpaired) electrons. The highest BCUT2D eigenvalue weighted by molar-refractivity contribution is 14.1. The van der Waals surface area contributed by atoms with E-state index in [-0.39, 0.29) is 0 Å². The second kappa shape index (κ2) is 5.32. The molecular formula is C8H16INO. The monoisotopic (exact) mass is 269 g/mol. The molecule has 1 aliphatic heterocycles. The zero-order valence-corrected chi connectivity index (χ0v) is 9.13. The summed E-state index contributed by atoms with van der Waals surface area (Å²) in [5.74, 6) is 0. The predicted octanol–water partition coefficient (Wildman–Crippen LogP) is 1.58. The van der Waals surface area contributed by atoms with Gasteiger partial charge in [-0.1, -0.05) is 22.6 Å². The van der Waals surface area contributed by atoms with Gasteiger partial charge in [0.1, 0.15) is 0 Å². The van der Waals surface area contributed by atoms with Crippen LogP contribution in [0.3, 0.4) is 0 Å². The van der Waals surface area contributed by atoms with Gasteiger partial charge in [0, 0.05) is 17.5 Å². The average Bonchev–Trinajstić information content (AvgIpc) is 2.37. The Bertz CT molecular complexity index is 110. The minimum absolute atomic E-state index is 0.480. The molecule has 0 spiro atoms. The molecule has 1 aliphatic rings. The van der Waals surface area contributed by atoms with Crippen molar-refractivity contribution >= 4 is 22.6 Å². The van der Waals surface area contributed by atoms with Crippen LogP contribution in [0.5, 0.6) is 0 Å². The van der Waals surface area contributed by atoms with Crippen LogP contribution in [0.1, 0.15) is 19.8 Å². The van der Waals surface area contributed by atoms with E-state index in [0.29, 0.717) is 12.2 Å². The third-order valence-corrected chi connectivity index (χ3v) is 2.50. The molecule has 1 heterocycles. The van der Waals surface area contributed by atoms with Crippen LogP contribution >= 0.6 is 22.6 Å². The second-order valence-corrected chi connectivity index (χ2v) is 4.12. The summed E-state index contributed by atoms with van der Waals surface area (Å²) in [7, 11) is 0. The number of ether oxygens (including phenoxy) is 1. The highest BCUT2D eigenvalue weighted by Crippen LogP contribution is 2.17. The zero-order valence-electron chi connectivity index (χ0n) is 6.98. The van der Waals surface area contributed by atoms with E-state index in [1.165, 1.54) is 17.3 Å². The van der Waals surface area contributed by atoms with Gasteiger partial charge in [-0.15, -0.1) is 0 Å². The molecule has 1 fully saturated rings. The SMILES string of the molecule is CC1CCC(CNCCI)O1. The number of hydrogen-bond donors (Lipinski definition) is 1. The molecule has 0 bridgehead atoms. The van der Waals surface area contributed by atoms with Gasteiger partial charge in [0.15, 0.2) is 0 Å².